The van der Waals surface area contributed by atoms with Gasteiger partial charge in [0.15, 0.2) is 5.60 Å². The number of carbonyl (C=O) groups is 1. The average Bonchev–Trinajstić information content (AvgIpc) is 2.88. The molecule has 1 amide bonds. The number of fused-ring (bicyclic) bond motifs is 1. The Bertz CT molecular complexity index is 649. The molecule has 1 atom stereocenters. The van der Waals surface area contributed by atoms with Gasteiger partial charge in [-0.05, 0) is 19.1 Å². The van der Waals surface area contributed by atoms with Crippen LogP contribution in [0, 0.1) is 0 Å². The molecule has 6 nitrogen and oxygen atoms in total. The molecule has 0 unspecified atom stereocenters. The molecule has 0 bridgehead atoms. The first kappa shape index (κ1) is 15.0. The van der Waals surface area contributed by atoms with Crippen LogP contribution in [0.15, 0.2) is 24.3 Å². The van der Waals surface area contributed by atoms with E-state index in [0.717, 1.165) is 23.4 Å². The lowest BCUT2D eigenvalue weighted by Gasteiger charge is -2.40. The van der Waals surface area contributed by atoms with Gasteiger partial charge in [-0.15, -0.1) is 0 Å². The molecule has 0 spiro atoms. The van der Waals surface area contributed by atoms with Crippen LogP contribution in [0.3, 0.4) is 0 Å². The highest BCUT2D eigenvalue weighted by molar-refractivity contribution is 5.84. The predicted molar refractivity (Wildman–Crippen MR) is 84.4 cm³/mol. The average molecular weight is 302 g/mol. The van der Waals surface area contributed by atoms with E-state index < -0.39 is 5.60 Å². The summed E-state index contributed by atoms with van der Waals surface area (Å²) in [4.78, 5) is 24.0. The van der Waals surface area contributed by atoms with Crippen LogP contribution in [-0.2, 0) is 16.1 Å². The minimum absolute atomic E-state index is 0.00167. The van der Waals surface area contributed by atoms with Gasteiger partial charge in [0.1, 0.15) is 5.82 Å². The zero-order valence-corrected chi connectivity index (χ0v) is 13.3. The van der Waals surface area contributed by atoms with Crippen molar-refractivity contribution in [1.82, 2.24) is 19.8 Å². The second-order valence-electron chi connectivity index (χ2n) is 6.19. The molecule has 1 N–H and O–H groups in total. The van der Waals surface area contributed by atoms with Gasteiger partial charge < -0.3 is 14.6 Å². The maximum absolute atomic E-state index is 12.3. The summed E-state index contributed by atoms with van der Waals surface area (Å²) in [6.07, 6.45) is 0. The normalized spacial score (nSPS) is 22.9. The lowest BCUT2D eigenvalue weighted by atomic mass is 10.0. The number of H-pyrrole nitrogens is 1. The number of carbonyl (C=O) groups excluding carboxylic acids is 1. The van der Waals surface area contributed by atoms with Crippen molar-refractivity contribution in [2.24, 2.45) is 0 Å². The van der Waals surface area contributed by atoms with Crippen molar-refractivity contribution in [3.05, 3.63) is 30.1 Å². The second kappa shape index (κ2) is 5.70. The first-order valence-electron chi connectivity index (χ1n) is 7.50. The summed E-state index contributed by atoms with van der Waals surface area (Å²) < 4.78 is 5.75. The molecule has 2 aromatic rings. The number of aromatic amines is 1. The van der Waals surface area contributed by atoms with Crippen molar-refractivity contribution in [1.29, 1.82) is 0 Å². The van der Waals surface area contributed by atoms with E-state index in [9.17, 15) is 4.79 Å². The largest absolute Gasteiger partial charge is 0.363 e. The quantitative estimate of drug-likeness (QED) is 0.927. The SMILES string of the molecule is CN(C)C(=O)[C@@]1(C)CN(Cc2nc3ccccc3[nH]2)CCO1. The summed E-state index contributed by atoms with van der Waals surface area (Å²) in [5.41, 5.74) is 1.23. The summed E-state index contributed by atoms with van der Waals surface area (Å²) in [7, 11) is 3.52. The summed E-state index contributed by atoms with van der Waals surface area (Å²) in [5.74, 6) is 0.921. The Hall–Kier alpha value is -1.92. The third-order valence-corrected chi connectivity index (χ3v) is 4.02. The topological polar surface area (TPSA) is 61.5 Å². The molecule has 0 aliphatic carbocycles. The van der Waals surface area contributed by atoms with E-state index in [0.29, 0.717) is 19.7 Å². The number of benzene rings is 1. The van der Waals surface area contributed by atoms with E-state index in [2.05, 4.69) is 14.9 Å². The molecule has 1 aliphatic heterocycles. The van der Waals surface area contributed by atoms with Gasteiger partial charge in [0, 0.05) is 27.2 Å². The van der Waals surface area contributed by atoms with Gasteiger partial charge in [-0.3, -0.25) is 9.69 Å². The maximum atomic E-state index is 12.3. The molecule has 1 aliphatic rings. The first-order chi connectivity index (χ1) is 10.5. The van der Waals surface area contributed by atoms with Gasteiger partial charge in [-0.1, -0.05) is 12.1 Å². The number of ether oxygens (including phenoxy) is 1. The van der Waals surface area contributed by atoms with E-state index in [1.165, 1.54) is 0 Å². The summed E-state index contributed by atoms with van der Waals surface area (Å²) in [5, 5.41) is 0. The van der Waals surface area contributed by atoms with Gasteiger partial charge in [-0.25, -0.2) is 4.98 Å². The highest BCUT2D eigenvalue weighted by Gasteiger charge is 2.40. The van der Waals surface area contributed by atoms with Gasteiger partial charge in [0.25, 0.3) is 5.91 Å². The summed E-state index contributed by atoms with van der Waals surface area (Å²) in [6, 6.07) is 7.99. The third-order valence-electron chi connectivity index (χ3n) is 4.02. The molecule has 1 saturated heterocycles. The van der Waals surface area contributed by atoms with Crippen LogP contribution in [0.1, 0.15) is 12.7 Å². The highest BCUT2D eigenvalue weighted by Crippen LogP contribution is 2.21. The Morgan fingerprint density at radius 3 is 2.95 bits per heavy atom. The Morgan fingerprint density at radius 1 is 1.45 bits per heavy atom. The standard InChI is InChI=1S/C16H22N4O2/c1-16(15(21)19(2)3)11-20(8-9-22-16)10-14-17-12-6-4-5-7-13(12)18-14/h4-7H,8-11H2,1-3H3,(H,17,18)/t16-/m1/s1. The zero-order chi connectivity index (χ0) is 15.7. The molecule has 1 fully saturated rings. The smallest absolute Gasteiger partial charge is 0.255 e. The first-order valence-corrected chi connectivity index (χ1v) is 7.50. The molecule has 0 radical (unpaired) electrons. The number of nitrogens with one attached hydrogen (secondary N) is 1. The van der Waals surface area contributed by atoms with Crippen molar-refractivity contribution in [3.63, 3.8) is 0 Å². The Morgan fingerprint density at radius 2 is 2.23 bits per heavy atom. The van der Waals surface area contributed by atoms with Crippen molar-refractivity contribution in [3.8, 4) is 0 Å². The molecule has 1 aromatic heterocycles. The number of nitrogens with zero attached hydrogens (tertiary/aromatic N) is 3. The van der Waals surface area contributed by atoms with Crippen LogP contribution in [0.5, 0.6) is 0 Å². The molecular weight excluding hydrogens is 280 g/mol. The highest BCUT2D eigenvalue weighted by atomic mass is 16.5. The minimum atomic E-state index is -0.784. The van der Waals surface area contributed by atoms with Crippen molar-refractivity contribution in [2.45, 2.75) is 19.1 Å². The number of hydrogen-bond donors (Lipinski definition) is 1. The monoisotopic (exact) mass is 302 g/mol. The fourth-order valence-electron chi connectivity index (χ4n) is 2.98. The van der Waals surface area contributed by atoms with Gasteiger partial charge in [-0.2, -0.15) is 0 Å². The number of amides is 1. The summed E-state index contributed by atoms with van der Waals surface area (Å²) in [6.45, 7) is 4.47. The van der Waals surface area contributed by atoms with Crippen LogP contribution < -0.4 is 0 Å². The maximum Gasteiger partial charge on any atom is 0.255 e. The number of morpholine rings is 1. The van der Waals surface area contributed by atoms with Gasteiger partial charge in [0.05, 0.1) is 24.2 Å². The molecular formula is C16H22N4O2. The molecule has 118 valence electrons. The zero-order valence-electron chi connectivity index (χ0n) is 13.3. The number of para-hydroxylation sites is 2. The van der Waals surface area contributed by atoms with E-state index in [-0.39, 0.29) is 5.91 Å². The van der Waals surface area contributed by atoms with Crippen molar-refractivity contribution >= 4 is 16.9 Å². The van der Waals surface area contributed by atoms with Gasteiger partial charge in [0.2, 0.25) is 0 Å². The van der Waals surface area contributed by atoms with E-state index >= 15 is 0 Å². The summed E-state index contributed by atoms with van der Waals surface area (Å²) >= 11 is 0. The molecule has 1 aromatic carbocycles. The van der Waals surface area contributed by atoms with Gasteiger partial charge >= 0.3 is 0 Å². The Labute approximate surface area is 130 Å². The molecule has 0 saturated carbocycles. The minimum Gasteiger partial charge on any atom is -0.363 e. The predicted octanol–water partition coefficient (Wildman–Crippen LogP) is 1.24. The Kier molecular flexibility index (Phi) is 3.88. The van der Waals surface area contributed by atoms with Crippen LogP contribution in [0.4, 0.5) is 0 Å². The fraction of sp³-hybridized carbons (Fsp3) is 0.500. The molecule has 22 heavy (non-hydrogen) atoms. The van der Waals surface area contributed by atoms with Crippen LogP contribution in [0.2, 0.25) is 0 Å². The van der Waals surface area contributed by atoms with Crippen LogP contribution in [-0.4, -0.2) is 65.1 Å². The van der Waals surface area contributed by atoms with Crippen LogP contribution >= 0.6 is 0 Å². The van der Waals surface area contributed by atoms with Crippen molar-refractivity contribution in [2.75, 3.05) is 33.8 Å². The fourth-order valence-corrected chi connectivity index (χ4v) is 2.98. The van der Waals surface area contributed by atoms with E-state index in [4.69, 9.17) is 4.74 Å². The number of rotatable bonds is 3. The lowest BCUT2D eigenvalue weighted by molar-refractivity contribution is -0.165. The molecule has 3 rings (SSSR count). The Balaban J connectivity index is 1.73. The third kappa shape index (κ3) is 2.84. The van der Waals surface area contributed by atoms with Crippen molar-refractivity contribution < 1.29 is 9.53 Å². The number of likely N-dealkylation sites (N-methyl/N-ethyl adjacent to an activating group) is 1. The lowest BCUT2D eigenvalue weighted by Crippen LogP contribution is -2.57. The van der Waals surface area contributed by atoms with Crippen LogP contribution in [0.25, 0.3) is 11.0 Å². The number of aromatic nitrogens is 2. The molecule has 2 heterocycles. The number of imidazole rings is 1. The van der Waals surface area contributed by atoms with E-state index in [1.807, 2.05) is 31.2 Å². The van der Waals surface area contributed by atoms with E-state index in [1.54, 1.807) is 19.0 Å². The number of hydrogen-bond acceptors (Lipinski definition) is 4. The molecule has 6 heteroatoms. The second-order valence-corrected chi connectivity index (χ2v) is 6.19.